The molecule has 0 saturated carbocycles. The van der Waals surface area contributed by atoms with E-state index in [4.69, 9.17) is 0 Å². The van der Waals surface area contributed by atoms with E-state index in [9.17, 15) is 14.9 Å². The summed E-state index contributed by atoms with van der Waals surface area (Å²) >= 11 is 3.38. The fraction of sp³-hybridized carbons (Fsp3) is 0.0833. The smallest absolute Gasteiger partial charge is 0.321 e. The Bertz CT molecular complexity index is 651. The molecule has 2 rings (SSSR count). The number of aromatic amines is 1. The highest BCUT2D eigenvalue weighted by atomic mass is 79.9. The topological polar surface area (TPSA) is 88.0 Å². The quantitative estimate of drug-likeness (QED) is 0.671. The highest BCUT2D eigenvalue weighted by Gasteiger charge is 2.16. The van der Waals surface area contributed by atoms with Crippen LogP contribution in [-0.4, -0.2) is 15.8 Å². The predicted octanol–water partition coefficient (Wildman–Crippen LogP) is 3.25. The molecule has 1 heterocycles. The van der Waals surface area contributed by atoms with Crippen LogP contribution in [0.2, 0.25) is 0 Å². The van der Waals surface area contributed by atoms with Gasteiger partial charge in [0.1, 0.15) is 0 Å². The lowest BCUT2D eigenvalue weighted by Gasteiger charge is -2.07. The first-order valence-electron chi connectivity index (χ1n) is 5.39. The van der Waals surface area contributed by atoms with Crippen molar-refractivity contribution >= 4 is 33.3 Å². The van der Waals surface area contributed by atoms with Crippen LogP contribution >= 0.6 is 15.9 Å². The second kappa shape index (κ2) is 5.23. The van der Waals surface area contributed by atoms with Gasteiger partial charge in [-0.05, 0) is 45.5 Å². The summed E-state index contributed by atoms with van der Waals surface area (Å²) in [6, 6.07) is 8.08. The Kier molecular flexibility index (Phi) is 3.66. The zero-order valence-corrected chi connectivity index (χ0v) is 11.5. The number of halogens is 1. The van der Waals surface area contributed by atoms with Crippen molar-refractivity contribution in [2.75, 3.05) is 5.32 Å². The molecule has 1 aromatic heterocycles. The van der Waals surface area contributed by atoms with Crippen LogP contribution in [0.1, 0.15) is 16.1 Å². The number of hydrogen-bond acceptors (Lipinski definition) is 3. The minimum Gasteiger partial charge on any atom is -0.358 e. The summed E-state index contributed by atoms with van der Waals surface area (Å²) in [6.07, 6.45) is 0. The van der Waals surface area contributed by atoms with Crippen molar-refractivity contribution in [1.29, 1.82) is 0 Å². The third-order valence-corrected chi connectivity index (χ3v) is 3.60. The Labute approximate surface area is 117 Å². The number of nitro groups is 1. The molecule has 0 aliphatic carbocycles. The summed E-state index contributed by atoms with van der Waals surface area (Å²) in [5.41, 5.74) is 1.73. The fourth-order valence-electron chi connectivity index (χ4n) is 1.56. The summed E-state index contributed by atoms with van der Waals surface area (Å²) in [4.78, 5) is 24.3. The molecule has 0 aliphatic rings. The van der Waals surface area contributed by atoms with Gasteiger partial charge in [-0.15, -0.1) is 0 Å². The van der Waals surface area contributed by atoms with Crippen LogP contribution in [0.25, 0.3) is 0 Å². The number of carbonyl (C=O) groups excluding carboxylic acids is 1. The standard InChI is InChI=1S/C12H10BrN3O3/c1-7-3-2-4-8(11(7)13)15-12(17)9-5-6-10(14-9)16(18)19/h2-6,14H,1H3,(H,15,17). The minimum absolute atomic E-state index is 0.139. The summed E-state index contributed by atoms with van der Waals surface area (Å²) in [5.74, 6) is -0.646. The van der Waals surface area contributed by atoms with Gasteiger partial charge < -0.3 is 15.4 Å². The number of rotatable bonds is 3. The summed E-state index contributed by atoms with van der Waals surface area (Å²) < 4.78 is 0.782. The van der Waals surface area contributed by atoms with Gasteiger partial charge in [0.15, 0.2) is 5.69 Å². The van der Waals surface area contributed by atoms with Crippen molar-refractivity contribution in [2.24, 2.45) is 0 Å². The Morgan fingerprint density at radius 2 is 2.11 bits per heavy atom. The molecule has 1 amide bonds. The Morgan fingerprint density at radius 3 is 2.74 bits per heavy atom. The number of aryl methyl sites for hydroxylation is 1. The molecule has 0 atom stereocenters. The van der Waals surface area contributed by atoms with E-state index in [0.29, 0.717) is 5.69 Å². The number of nitrogens with zero attached hydrogens (tertiary/aromatic N) is 1. The first-order chi connectivity index (χ1) is 8.99. The van der Waals surface area contributed by atoms with E-state index in [1.54, 1.807) is 6.07 Å². The number of anilines is 1. The molecule has 2 N–H and O–H groups in total. The number of aromatic nitrogens is 1. The van der Waals surface area contributed by atoms with E-state index in [1.807, 2.05) is 19.1 Å². The van der Waals surface area contributed by atoms with Gasteiger partial charge in [-0.1, -0.05) is 12.1 Å². The average Bonchev–Trinajstić information content (AvgIpc) is 2.84. The minimum atomic E-state index is -0.584. The zero-order chi connectivity index (χ0) is 14.0. The largest absolute Gasteiger partial charge is 0.358 e. The van der Waals surface area contributed by atoms with Crippen LogP contribution in [-0.2, 0) is 0 Å². The van der Waals surface area contributed by atoms with Crippen molar-refractivity contribution in [3.05, 3.63) is 56.2 Å². The van der Waals surface area contributed by atoms with Crippen molar-refractivity contribution in [3.8, 4) is 0 Å². The zero-order valence-electron chi connectivity index (χ0n) is 9.94. The molecule has 0 bridgehead atoms. The van der Waals surface area contributed by atoms with Gasteiger partial charge in [-0.2, -0.15) is 0 Å². The number of carbonyl (C=O) groups is 1. The van der Waals surface area contributed by atoms with Crippen LogP contribution < -0.4 is 5.32 Å². The Morgan fingerprint density at radius 1 is 1.37 bits per heavy atom. The highest BCUT2D eigenvalue weighted by Crippen LogP contribution is 2.26. The second-order valence-electron chi connectivity index (χ2n) is 3.90. The Balaban J connectivity index is 2.21. The van der Waals surface area contributed by atoms with Gasteiger partial charge in [0, 0.05) is 10.5 Å². The first-order valence-corrected chi connectivity index (χ1v) is 6.18. The van der Waals surface area contributed by atoms with E-state index in [-0.39, 0.29) is 11.5 Å². The molecule has 0 fully saturated rings. The summed E-state index contributed by atoms with van der Waals surface area (Å²) in [7, 11) is 0. The maximum absolute atomic E-state index is 11.9. The molecule has 0 radical (unpaired) electrons. The second-order valence-corrected chi connectivity index (χ2v) is 4.70. The van der Waals surface area contributed by atoms with E-state index in [0.717, 1.165) is 10.0 Å². The average molecular weight is 324 g/mol. The molecule has 0 saturated heterocycles. The van der Waals surface area contributed by atoms with E-state index in [1.165, 1.54) is 12.1 Å². The molecule has 7 heteroatoms. The molecule has 19 heavy (non-hydrogen) atoms. The van der Waals surface area contributed by atoms with Crippen molar-refractivity contribution in [2.45, 2.75) is 6.92 Å². The molecular formula is C12H10BrN3O3. The van der Waals surface area contributed by atoms with E-state index >= 15 is 0 Å². The van der Waals surface area contributed by atoms with Crippen LogP contribution in [0.4, 0.5) is 11.5 Å². The molecule has 2 aromatic rings. The van der Waals surface area contributed by atoms with Gasteiger partial charge in [-0.25, -0.2) is 4.98 Å². The predicted molar refractivity (Wildman–Crippen MR) is 74.3 cm³/mol. The summed E-state index contributed by atoms with van der Waals surface area (Å²) in [6.45, 7) is 1.90. The van der Waals surface area contributed by atoms with Gasteiger partial charge in [-0.3, -0.25) is 4.79 Å². The maximum atomic E-state index is 11.9. The lowest BCUT2D eigenvalue weighted by Crippen LogP contribution is -2.13. The third-order valence-electron chi connectivity index (χ3n) is 2.55. The van der Waals surface area contributed by atoms with Gasteiger partial charge in [0.05, 0.1) is 5.69 Å². The fourth-order valence-corrected chi connectivity index (χ4v) is 1.92. The third kappa shape index (κ3) is 2.82. The summed E-state index contributed by atoms with van der Waals surface area (Å²) in [5, 5.41) is 13.2. The molecule has 6 nitrogen and oxygen atoms in total. The van der Waals surface area contributed by atoms with Crippen LogP contribution in [0, 0.1) is 17.0 Å². The first kappa shape index (κ1) is 13.3. The molecule has 0 spiro atoms. The monoisotopic (exact) mass is 323 g/mol. The molecule has 98 valence electrons. The molecule has 0 aliphatic heterocycles. The van der Waals surface area contributed by atoms with Crippen molar-refractivity contribution in [1.82, 2.24) is 4.98 Å². The van der Waals surface area contributed by atoms with Crippen LogP contribution in [0.5, 0.6) is 0 Å². The molecule has 0 unspecified atom stereocenters. The van der Waals surface area contributed by atoms with Crippen LogP contribution in [0.15, 0.2) is 34.8 Å². The number of nitrogens with one attached hydrogen (secondary N) is 2. The lowest BCUT2D eigenvalue weighted by molar-refractivity contribution is -0.389. The van der Waals surface area contributed by atoms with Crippen molar-refractivity contribution < 1.29 is 9.72 Å². The van der Waals surface area contributed by atoms with Gasteiger partial charge in [0.2, 0.25) is 0 Å². The number of amides is 1. The normalized spacial score (nSPS) is 10.2. The lowest BCUT2D eigenvalue weighted by atomic mass is 10.2. The maximum Gasteiger partial charge on any atom is 0.321 e. The van der Waals surface area contributed by atoms with E-state index in [2.05, 4.69) is 26.2 Å². The Hall–Kier alpha value is -2.15. The van der Waals surface area contributed by atoms with Crippen LogP contribution in [0.3, 0.4) is 0 Å². The SMILES string of the molecule is Cc1cccc(NC(=O)c2ccc([N+](=O)[O-])[nH]2)c1Br. The number of hydrogen-bond donors (Lipinski definition) is 2. The molecular weight excluding hydrogens is 314 g/mol. The highest BCUT2D eigenvalue weighted by molar-refractivity contribution is 9.10. The number of benzene rings is 1. The van der Waals surface area contributed by atoms with Crippen molar-refractivity contribution in [3.63, 3.8) is 0 Å². The van der Waals surface area contributed by atoms with Gasteiger partial charge in [0.25, 0.3) is 5.91 Å². The molecule has 1 aromatic carbocycles. The van der Waals surface area contributed by atoms with E-state index < -0.39 is 10.8 Å². The van der Waals surface area contributed by atoms with Gasteiger partial charge >= 0.3 is 5.82 Å². The number of H-pyrrole nitrogens is 1.